The zero-order valence-electron chi connectivity index (χ0n) is 17.5. The van der Waals surface area contributed by atoms with Gasteiger partial charge in [-0.25, -0.2) is 9.59 Å². The highest BCUT2D eigenvalue weighted by Gasteiger charge is 2.19. The molecule has 0 amide bonds. The molecule has 0 atom stereocenters. The van der Waals surface area contributed by atoms with E-state index in [-0.39, 0.29) is 11.9 Å². The van der Waals surface area contributed by atoms with Crippen molar-refractivity contribution in [3.8, 4) is 32.3 Å². The van der Waals surface area contributed by atoms with E-state index in [1.54, 1.807) is 38.1 Å². The Bertz CT molecular complexity index is 1170. The SMILES string of the molecule is CCOC(=O)c1cccc(-c2cc(-c3nn[nH]n3)sc2-c2cccc(C(=O)OCC)c2)c1. The van der Waals surface area contributed by atoms with Gasteiger partial charge < -0.3 is 9.47 Å². The lowest BCUT2D eigenvalue weighted by Gasteiger charge is -2.08. The van der Waals surface area contributed by atoms with E-state index in [0.29, 0.717) is 30.2 Å². The Morgan fingerprint density at radius 3 is 2.12 bits per heavy atom. The minimum Gasteiger partial charge on any atom is -0.462 e. The van der Waals surface area contributed by atoms with Crippen LogP contribution in [0.4, 0.5) is 0 Å². The van der Waals surface area contributed by atoms with Crippen molar-refractivity contribution in [1.29, 1.82) is 0 Å². The van der Waals surface area contributed by atoms with E-state index in [4.69, 9.17) is 9.47 Å². The van der Waals surface area contributed by atoms with Gasteiger partial charge in [-0.05, 0) is 60.5 Å². The molecule has 4 aromatic rings. The van der Waals surface area contributed by atoms with E-state index in [1.165, 1.54) is 11.3 Å². The lowest BCUT2D eigenvalue weighted by Crippen LogP contribution is -2.04. The Labute approximate surface area is 188 Å². The summed E-state index contributed by atoms with van der Waals surface area (Å²) in [6, 6.07) is 16.4. The van der Waals surface area contributed by atoms with Gasteiger partial charge in [-0.2, -0.15) is 5.21 Å². The third kappa shape index (κ3) is 4.42. The molecule has 0 aliphatic carbocycles. The maximum atomic E-state index is 12.3. The number of thiophene rings is 1. The van der Waals surface area contributed by atoms with Crippen LogP contribution in [0.5, 0.6) is 0 Å². The maximum absolute atomic E-state index is 12.3. The molecule has 1 N–H and O–H groups in total. The molecule has 0 saturated carbocycles. The molecule has 0 bridgehead atoms. The molecule has 0 spiro atoms. The highest BCUT2D eigenvalue weighted by molar-refractivity contribution is 7.19. The van der Waals surface area contributed by atoms with E-state index >= 15 is 0 Å². The van der Waals surface area contributed by atoms with Crippen LogP contribution in [0.3, 0.4) is 0 Å². The Morgan fingerprint density at radius 2 is 1.53 bits per heavy atom. The van der Waals surface area contributed by atoms with Crippen LogP contribution < -0.4 is 0 Å². The third-order valence-electron chi connectivity index (χ3n) is 4.62. The zero-order valence-corrected chi connectivity index (χ0v) is 18.3. The number of ether oxygens (including phenoxy) is 2. The third-order valence-corrected chi connectivity index (χ3v) is 5.80. The number of esters is 2. The summed E-state index contributed by atoms with van der Waals surface area (Å²) in [7, 11) is 0. The highest BCUT2D eigenvalue weighted by atomic mass is 32.1. The van der Waals surface area contributed by atoms with Gasteiger partial charge in [0.05, 0.1) is 29.2 Å². The number of hydrogen-bond acceptors (Lipinski definition) is 8. The molecule has 162 valence electrons. The van der Waals surface area contributed by atoms with Crippen molar-refractivity contribution in [2.24, 2.45) is 0 Å². The molecule has 9 heteroatoms. The van der Waals surface area contributed by atoms with Crippen molar-refractivity contribution in [2.75, 3.05) is 13.2 Å². The molecule has 2 heterocycles. The first-order valence-corrected chi connectivity index (χ1v) is 10.8. The number of benzene rings is 2. The molecular weight excluding hydrogens is 428 g/mol. The fraction of sp³-hybridized carbons (Fsp3) is 0.174. The molecule has 0 aliphatic rings. The molecule has 0 saturated heterocycles. The maximum Gasteiger partial charge on any atom is 0.338 e. The highest BCUT2D eigenvalue weighted by Crippen LogP contribution is 2.42. The number of H-pyrrole nitrogens is 1. The Hall–Kier alpha value is -3.85. The van der Waals surface area contributed by atoms with Crippen molar-refractivity contribution < 1.29 is 19.1 Å². The number of aromatic nitrogens is 4. The minimum absolute atomic E-state index is 0.301. The number of carbonyl (C=O) groups is 2. The topological polar surface area (TPSA) is 107 Å². The first-order chi connectivity index (χ1) is 15.6. The van der Waals surface area contributed by atoms with Gasteiger partial charge >= 0.3 is 11.9 Å². The van der Waals surface area contributed by atoms with Crippen molar-refractivity contribution in [2.45, 2.75) is 13.8 Å². The number of hydrogen-bond donors (Lipinski definition) is 1. The molecule has 0 unspecified atom stereocenters. The van der Waals surface area contributed by atoms with Gasteiger partial charge in [-0.1, -0.05) is 24.3 Å². The standard InChI is InChI=1S/C23H20N4O4S/c1-3-30-22(28)16-9-5-7-14(11-16)18-13-19(21-24-26-27-25-21)32-20(18)15-8-6-10-17(12-15)23(29)31-4-2/h5-13H,3-4H2,1-2H3,(H,24,25,26,27). The van der Waals surface area contributed by atoms with Crippen LogP contribution in [-0.2, 0) is 9.47 Å². The molecule has 2 aromatic carbocycles. The van der Waals surface area contributed by atoms with E-state index in [2.05, 4.69) is 20.6 Å². The van der Waals surface area contributed by atoms with E-state index < -0.39 is 0 Å². The van der Waals surface area contributed by atoms with Gasteiger partial charge in [0.2, 0.25) is 5.82 Å². The number of nitrogens with one attached hydrogen (secondary N) is 1. The molecule has 0 fully saturated rings. The molecule has 0 aliphatic heterocycles. The minimum atomic E-state index is -0.381. The predicted octanol–water partition coefficient (Wildman–Crippen LogP) is 4.62. The van der Waals surface area contributed by atoms with Crippen LogP contribution >= 0.6 is 11.3 Å². The monoisotopic (exact) mass is 448 g/mol. The number of nitrogens with zero attached hydrogens (tertiary/aromatic N) is 3. The second-order valence-corrected chi connectivity index (χ2v) is 7.74. The number of rotatable bonds is 7. The summed E-state index contributed by atoms with van der Waals surface area (Å²) in [6.07, 6.45) is 0. The van der Waals surface area contributed by atoms with E-state index in [1.807, 2.05) is 30.3 Å². The van der Waals surface area contributed by atoms with Crippen LogP contribution in [-0.4, -0.2) is 45.8 Å². The van der Waals surface area contributed by atoms with Gasteiger partial charge in [-0.15, -0.1) is 21.5 Å². The van der Waals surface area contributed by atoms with Crippen molar-refractivity contribution >= 4 is 23.3 Å². The summed E-state index contributed by atoms with van der Waals surface area (Å²) < 4.78 is 10.3. The Morgan fingerprint density at radius 1 is 0.906 bits per heavy atom. The van der Waals surface area contributed by atoms with Gasteiger partial charge in [-0.3, -0.25) is 0 Å². The smallest absolute Gasteiger partial charge is 0.338 e. The summed E-state index contributed by atoms with van der Waals surface area (Å²) in [5.41, 5.74) is 3.47. The average molecular weight is 449 g/mol. The van der Waals surface area contributed by atoms with Crippen LogP contribution in [0.1, 0.15) is 34.6 Å². The number of tetrazole rings is 1. The lowest BCUT2D eigenvalue weighted by atomic mass is 9.99. The van der Waals surface area contributed by atoms with Gasteiger partial charge in [0.15, 0.2) is 0 Å². The van der Waals surface area contributed by atoms with Gasteiger partial charge in [0, 0.05) is 10.4 Å². The summed E-state index contributed by atoms with van der Waals surface area (Å²) in [4.78, 5) is 26.2. The summed E-state index contributed by atoms with van der Waals surface area (Å²) >= 11 is 1.47. The van der Waals surface area contributed by atoms with Crippen LogP contribution in [0, 0.1) is 0 Å². The predicted molar refractivity (Wildman–Crippen MR) is 120 cm³/mol. The number of aromatic amines is 1. The summed E-state index contributed by atoms with van der Waals surface area (Å²) in [5.74, 6) is -0.297. The summed E-state index contributed by atoms with van der Waals surface area (Å²) in [5, 5.41) is 14.3. The van der Waals surface area contributed by atoms with Crippen molar-refractivity contribution in [3.05, 3.63) is 65.7 Å². The van der Waals surface area contributed by atoms with Crippen LogP contribution in [0.15, 0.2) is 54.6 Å². The average Bonchev–Trinajstić information content (AvgIpc) is 3.50. The van der Waals surface area contributed by atoms with E-state index in [9.17, 15) is 9.59 Å². The molecule has 0 radical (unpaired) electrons. The second kappa shape index (κ2) is 9.52. The van der Waals surface area contributed by atoms with E-state index in [0.717, 1.165) is 26.4 Å². The van der Waals surface area contributed by atoms with Gasteiger partial charge in [0.25, 0.3) is 0 Å². The second-order valence-electron chi connectivity index (χ2n) is 6.69. The van der Waals surface area contributed by atoms with Crippen molar-refractivity contribution in [1.82, 2.24) is 20.6 Å². The van der Waals surface area contributed by atoms with Gasteiger partial charge in [0.1, 0.15) is 0 Å². The first kappa shape index (κ1) is 21.4. The Kier molecular flexibility index (Phi) is 6.37. The number of carbonyl (C=O) groups excluding carboxylic acids is 2. The molecular formula is C23H20N4O4S. The Balaban J connectivity index is 1.83. The fourth-order valence-corrected chi connectivity index (χ4v) is 4.33. The first-order valence-electron chi connectivity index (χ1n) is 10.0. The van der Waals surface area contributed by atoms with Crippen molar-refractivity contribution in [3.63, 3.8) is 0 Å². The molecule has 8 nitrogen and oxygen atoms in total. The largest absolute Gasteiger partial charge is 0.462 e. The normalized spacial score (nSPS) is 10.7. The molecule has 4 rings (SSSR count). The van der Waals surface area contributed by atoms with Crippen LogP contribution in [0.2, 0.25) is 0 Å². The lowest BCUT2D eigenvalue weighted by molar-refractivity contribution is 0.0517. The molecule has 32 heavy (non-hydrogen) atoms. The summed E-state index contributed by atoms with van der Waals surface area (Å²) in [6.45, 7) is 4.14. The fourth-order valence-electron chi connectivity index (χ4n) is 3.23. The molecule has 2 aromatic heterocycles. The quantitative estimate of drug-likeness (QED) is 0.411. The van der Waals surface area contributed by atoms with Crippen LogP contribution in [0.25, 0.3) is 32.3 Å². The zero-order chi connectivity index (χ0) is 22.5.